The normalized spacial score (nSPS) is 18.5. The van der Waals surface area contributed by atoms with Gasteiger partial charge in [-0.3, -0.25) is 0 Å². The maximum absolute atomic E-state index is 12.7. The predicted octanol–water partition coefficient (Wildman–Crippen LogP) is 3.49. The molecular weight excluding hydrogens is 248 g/mol. The van der Waals surface area contributed by atoms with Crippen molar-refractivity contribution in [2.75, 3.05) is 13.2 Å². The number of nitrogens with two attached hydrogens (primary N) is 1. The molecule has 0 atom stereocenters. The van der Waals surface area contributed by atoms with Gasteiger partial charge >= 0.3 is 0 Å². The fraction of sp³-hybridized carbons (Fsp3) is 0.600. The summed E-state index contributed by atoms with van der Waals surface area (Å²) in [6.07, 6.45) is 4.63. The third-order valence-corrected chi connectivity index (χ3v) is 3.91. The van der Waals surface area contributed by atoms with Gasteiger partial charge in [0, 0.05) is 18.9 Å². The molecular formula is C15H21F2NO. The van der Waals surface area contributed by atoms with Crippen LogP contribution in [0.3, 0.4) is 0 Å². The standard InChI is InChI=1S/C15H21F2NO/c1-14(16,17)11-19-13-6-4-12(5-7-13)15(10-18)8-2-3-9-15/h4-7H,2-3,8-11,18H2,1H3. The highest BCUT2D eigenvalue weighted by Crippen LogP contribution is 2.40. The average molecular weight is 269 g/mol. The molecule has 0 aliphatic heterocycles. The van der Waals surface area contributed by atoms with Crippen LogP contribution < -0.4 is 10.5 Å². The largest absolute Gasteiger partial charge is 0.487 e. The molecule has 1 aliphatic rings. The van der Waals surface area contributed by atoms with E-state index in [-0.39, 0.29) is 5.41 Å². The van der Waals surface area contributed by atoms with E-state index in [1.165, 1.54) is 18.4 Å². The van der Waals surface area contributed by atoms with E-state index in [0.717, 1.165) is 19.8 Å². The fourth-order valence-corrected chi connectivity index (χ4v) is 2.78. The summed E-state index contributed by atoms with van der Waals surface area (Å²) in [6.45, 7) is 0.901. The van der Waals surface area contributed by atoms with Crippen LogP contribution in [-0.4, -0.2) is 19.1 Å². The van der Waals surface area contributed by atoms with Gasteiger partial charge in [0.15, 0.2) is 6.61 Å². The quantitative estimate of drug-likeness (QED) is 0.888. The summed E-state index contributed by atoms with van der Waals surface area (Å²) in [5, 5.41) is 0. The molecule has 1 saturated carbocycles. The Labute approximate surface area is 112 Å². The van der Waals surface area contributed by atoms with Gasteiger partial charge in [-0.05, 0) is 30.5 Å². The molecule has 1 fully saturated rings. The maximum atomic E-state index is 12.7. The molecule has 19 heavy (non-hydrogen) atoms. The van der Waals surface area contributed by atoms with Crippen LogP contribution >= 0.6 is 0 Å². The van der Waals surface area contributed by atoms with Crippen LogP contribution in [0.1, 0.15) is 38.2 Å². The van der Waals surface area contributed by atoms with Crippen molar-refractivity contribution in [1.82, 2.24) is 0 Å². The maximum Gasteiger partial charge on any atom is 0.278 e. The smallest absolute Gasteiger partial charge is 0.278 e. The molecule has 0 heterocycles. The lowest BCUT2D eigenvalue weighted by Gasteiger charge is -2.28. The summed E-state index contributed by atoms with van der Waals surface area (Å²) < 4.78 is 30.5. The zero-order chi connectivity index (χ0) is 13.9. The highest BCUT2D eigenvalue weighted by atomic mass is 19.3. The van der Waals surface area contributed by atoms with Gasteiger partial charge in [0.05, 0.1) is 0 Å². The van der Waals surface area contributed by atoms with Crippen LogP contribution in [0.5, 0.6) is 5.75 Å². The van der Waals surface area contributed by atoms with Crippen molar-refractivity contribution in [2.45, 2.75) is 43.9 Å². The Hall–Kier alpha value is -1.16. The Morgan fingerprint density at radius 3 is 2.26 bits per heavy atom. The topological polar surface area (TPSA) is 35.2 Å². The van der Waals surface area contributed by atoms with Gasteiger partial charge in [0.1, 0.15) is 5.75 Å². The van der Waals surface area contributed by atoms with Crippen LogP contribution in [0.15, 0.2) is 24.3 Å². The van der Waals surface area contributed by atoms with Gasteiger partial charge in [0.2, 0.25) is 0 Å². The molecule has 0 amide bonds. The minimum absolute atomic E-state index is 0.0766. The number of hydrogen-bond donors (Lipinski definition) is 1. The minimum Gasteiger partial charge on any atom is -0.487 e. The zero-order valence-electron chi connectivity index (χ0n) is 11.3. The lowest BCUT2D eigenvalue weighted by molar-refractivity contribution is -0.0229. The van der Waals surface area contributed by atoms with E-state index in [1.54, 1.807) is 12.1 Å². The van der Waals surface area contributed by atoms with Crippen molar-refractivity contribution in [1.29, 1.82) is 0 Å². The van der Waals surface area contributed by atoms with Crippen LogP contribution in [0.4, 0.5) is 8.78 Å². The van der Waals surface area contributed by atoms with Crippen molar-refractivity contribution in [2.24, 2.45) is 5.73 Å². The van der Waals surface area contributed by atoms with Crippen molar-refractivity contribution in [3.05, 3.63) is 29.8 Å². The average Bonchev–Trinajstić information content (AvgIpc) is 2.86. The van der Waals surface area contributed by atoms with E-state index >= 15 is 0 Å². The minimum atomic E-state index is -2.80. The molecule has 4 heteroatoms. The number of halogens is 2. The summed E-state index contributed by atoms with van der Waals surface area (Å²) in [7, 11) is 0. The first-order valence-corrected chi connectivity index (χ1v) is 6.76. The van der Waals surface area contributed by atoms with E-state index in [2.05, 4.69) is 0 Å². The van der Waals surface area contributed by atoms with E-state index in [9.17, 15) is 8.78 Å². The Morgan fingerprint density at radius 1 is 1.21 bits per heavy atom. The molecule has 0 bridgehead atoms. The van der Waals surface area contributed by atoms with Gasteiger partial charge in [0.25, 0.3) is 5.92 Å². The third-order valence-electron chi connectivity index (χ3n) is 3.91. The van der Waals surface area contributed by atoms with E-state index in [0.29, 0.717) is 12.3 Å². The van der Waals surface area contributed by atoms with E-state index < -0.39 is 12.5 Å². The molecule has 2 rings (SSSR count). The molecule has 0 aromatic heterocycles. The molecule has 0 radical (unpaired) electrons. The SMILES string of the molecule is CC(F)(F)COc1ccc(C2(CN)CCCC2)cc1. The van der Waals surface area contributed by atoms with Crippen LogP contribution in [-0.2, 0) is 5.41 Å². The van der Waals surface area contributed by atoms with Crippen molar-refractivity contribution in [3.8, 4) is 5.75 Å². The number of hydrogen-bond acceptors (Lipinski definition) is 2. The third kappa shape index (κ3) is 3.44. The van der Waals surface area contributed by atoms with Crippen LogP contribution in [0.2, 0.25) is 0 Å². The summed E-state index contributed by atoms with van der Waals surface area (Å²) in [5.74, 6) is -2.32. The van der Waals surface area contributed by atoms with Crippen LogP contribution in [0.25, 0.3) is 0 Å². The summed E-state index contributed by atoms with van der Waals surface area (Å²) >= 11 is 0. The molecule has 1 aromatic rings. The second kappa shape index (κ2) is 5.45. The second-order valence-corrected chi connectivity index (χ2v) is 5.57. The van der Waals surface area contributed by atoms with Crippen molar-refractivity contribution in [3.63, 3.8) is 0 Å². The molecule has 0 saturated heterocycles. The van der Waals surface area contributed by atoms with Gasteiger partial charge in [-0.15, -0.1) is 0 Å². The number of benzene rings is 1. The molecule has 1 aromatic carbocycles. The molecule has 0 unspecified atom stereocenters. The van der Waals surface area contributed by atoms with Gasteiger partial charge < -0.3 is 10.5 Å². The Bertz CT molecular complexity index is 405. The molecule has 1 aliphatic carbocycles. The molecule has 0 spiro atoms. The first-order chi connectivity index (χ1) is 8.95. The number of alkyl halides is 2. The second-order valence-electron chi connectivity index (χ2n) is 5.57. The summed E-state index contributed by atoms with van der Waals surface area (Å²) in [5.41, 5.74) is 7.20. The summed E-state index contributed by atoms with van der Waals surface area (Å²) in [6, 6.07) is 7.44. The lowest BCUT2D eigenvalue weighted by atomic mass is 9.79. The van der Waals surface area contributed by atoms with E-state index in [4.69, 9.17) is 10.5 Å². The monoisotopic (exact) mass is 269 g/mol. The summed E-state index contributed by atoms with van der Waals surface area (Å²) in [4.78, 5) is 0. The highest BCUT2D eigenvalue weighted by molar-refractivity contribution is 5.33. The van der Waals surface area contributed by atoms with Gasteiger partial charge in [-0.2, -0.15) is 0 Å². The predicted molar refractivity (Wildman–Crippen MR) is 71.8 cm³/mol. The number of rotatable bonds is 5. The van der Waals surface area contributed by atoms with Crippen LogP contribution in [0, 0.1) is 0 Å². The number of ether oxygens (including phenoxy) is 1. The Balaban J connectivity index is 2.06. The first-order valence-electron chi connectivity index (χ1n) is 6.76. The first kappa shape index (κ1) is 14.3. The van der Waals surface area contributed by atoms with Crippen molar-refractivity contribution >= 4 is 0 Å². The highest BCUT2D eigenvalue weighted by Gasteiger charge is 2.34. The van der Waals surface area contributed by atoms with Gasteiger partial charge in [-0.1, -0.05) is 25.0 Å². The molecule has 2 nitrogen and oxygen atoms in total. The fourth-order valence-electron chi connectivity index (χ4n) is 2.78. The van der Waals surface area contributed by atoms with Crippen molar-refractivity contribution < 1.29 is 13.5 Å². The molecule has 106 valence electrons. The Kier molecular flexibility index (Phi) is 4.09. The Morgan fingerprint density at radius 2 is 1.79 bits per heavy atom. The lowest BCUT2D eigenvalue weighted by Crippen LogP contribution is -2.31. The molecule has 2 N–H and O–H groups in total. The van der Waals surface area contributed by atoms with Gasteiger partial charge in [-0.25, -0.2) is 8.78 Å². The van der Waals surface area contributed by atoms with E-state index in [1.807, 2.05) is 12.1 Å². The zero-order valence-corrected chi connectivity index (χ0v) is 11.3.